The Kier molecular flexibility index (Phi) is 4.00. The predicted octanol–water partition coefficient (Wildman–Crippen LogP) is 3.06. The number of nitrogens with one attached hydrogen (secondary N) is 1. The molecule has 2 fully saturated rings. The zero-order valence-corrected chi connectivity index (χ0v) is 9.50. The molecule has 0 aliphatic heterocycles. The average molecular weight is 213 g/mol. The Hall–Kier alpha value is -0.120. The molecule has 0 atom stereocenters. The molecule has 0 bridgehead atoms. The second-order valence-electron chi connectivity index (χ2n) is 5.13. The maximum absolute atomic E-state index is 9.11. The van der Waals surface area contributed by atoms with Gasteiger partial charge in [0.15, 0.2) is 5.72 Å². The molecule has 2 aliphatic carbocycles. The highest BCUT2D eigenvalue weighted by atomic mass is 17.1. The standard InChI is InChI=1S/C12H23NO2/c14-15-12(9-5-2-6-10-12)13-11-7-3-1-4-8-11/h11,13-14H,1-10H2. The van der Waals surface area contributed by atoms with Gasteiger partial charge in [0, 0.05) is 6.04 Å². The smallest absolute Gasteiger partial charge is 0.154 e. The summed E-state index contributed by atoms with van der Waals surface area (Å²) in [6.07, 6.45) is 12.0. The highest BCUT2D eigenvalue weighted by Crippen LogP contribution is 2.31. The molecule has 2 aliphatic rings. The fourth-order valence-corrected chi connectivity index (χ4v) is 3.00. The summed E-state index contributed by atoms with van der Waals surface area (Å²) >= 11 is 0. The van der Waals surface area contributed by atoms with Gasteiger partial charge in [0.1, 0.15) is 0 Å². The van der Waals surface area contributed by atoms with Crippen LogP contribution < -0.4 is 5.32 Å². The molecule has 2 saturated carbocycles. The van der Waals surface area contributed by atoms with E-state index in [0.29, 0.717) is 6.04 Å². The third-order valence-electron chi connectivity index (χ3n) is 3.91. The van der Waals surface area contributed by atoms with Crippen molar-refractivity contribution in [2.45, 2.75) is 76.0 Å². The number of hydrogen-bond acceptors (Lipinski definition) is 3. The Labute approximate surface area is 92.1 Å². The summed E-state index contributed by atoms with van der Waals surface area (Å²) in [5.41, 5.74) is -0.416. The molecule has 0 radical (unpaired) electrons. The van der Waals surface area contributed by atoms with Gasteiger partial charge in [-0.15, -0.1) is 0 Å². The highest BCUT2D eigenvalue weighted by molar-refractivity contribution is 4.85. The van der Waals surface area contributed by atoms with E-state index in [2.05, 4.69) is 5.32 Å². The summed E-state index contributed by atoms with van der Waals surface area (Å²) in [4.78, 5) is 4.77. The van der Waals surface area contributed by atoms with Gasteiger partial charge in [0.25, 0.3) is 0 Å². The second-order valence-corrected chi connectivity index (χ2v) is 5.13. The minimum absolute atomic E-state index is 0.416. The molecule has 0 aromatic carbocycles. The Morgan fingerprint density at radius 2 is 1.53 bits per heavy atom. The van der Waals surface area contributed by atoms with Crippen molar-refractivity contribution in [1.29, 1.82) is 0 Å². The lowest BCUT2D eigenvalue weighted by molar-refractivity contribution is -0.342. The minimum Gasteiger partial charge on any atom is -0.284 e. The van der Waals surface area contributed by atoms with Crippen LogP contribution in [0.3, 0.4) is 0 Å². The topological polar surface area (TPSA) is 41.5 Å². The van der Waals surface area contributed by atoms with Crippen LogP contribution in [-0.4, -0.2) is 17.0 Å². The normalized spacial score (nSPS) is 27.8. The molecule has 2 N–H and O–H groups in total. The predicted molar refractivity (Wildman–Crippen MR) is 59.5 cm³/mol. The largest absolute Gasteiger partial charge is 0.284 e. The maximum atomic E-state index is 9.11. The Balaban J connectivity index is 1.87. The Morgan fingerprint density at radius 3 is 2.13 bits per heavy atom. The lowest BCUT2D eigenvalue weighted by atomic mass is 9.88. The van der Waals surface area contributed by atoms with E-state index in [-0.39, 0.29) is 0 Å². The molecule has 3 nitrogen and oxygen atoms in total. The molecule has 3 heteroatoms. The first-order valence-electron chi connectivity index (χ1n) is 6.45. The molecule has 0 spiro atoms. The van der Waals surface area contributed by atoms with E-state index in [1.807, 2.05) is 0 Å². The number of rotatable bonds is 3. The van der Waals surface area contributed by atoms with Gasteiger partial charge in [-0.05, 0) is 38.5 Å². The summed E-state index contributed by atoms with van der Waals surface area (Å²) in [6, 6.07) is 0.559. The fourth-order valence-electron chi connectivity index (χ4n) is 3.00. The van der Waals surface area contributed by atoms with Crippen molar-refractivity contribution in [2.24, 2.45) is 0 Å². The van der Waals surface area contributed by atoms with Gasteiger partial charge < -0.3 is 0 Å². The molecule has 0 saturated heterocycles. The van der Waals surface area contributed by atoms with Crippen LogP contribution in [0.15, 0.2) is 0 Å². The molecular formula is C12H23NO2. The Bertz CT molecular complexity index is 184. The summed E-state index contributed by atoms with van der Waals surface area (Å²) in [5, 5.41) is 12.7. The molecule has 0 unspecified atom stereocenters. The SMILES string of the molecule is OOC1(NC2CCCCC2)CCCCC1. The first-order valence-corrected chi connectivity index (χ1v) is 6.45. The van der Waals surface area contributed by atoms with Crippen LogP contribution in [-0.2, 0) is 4.89 Å². The molecule has 0 amide bonds. The first-order chi connectivity index (χ1) is 7.35. The summed E-state index contributed by atoms with van der Waals surface area (Å²) < 4.78 is 0. The van der Waals surface area contributed by atoms with Gasteiger partial charge in [-0.1, -0.05) is 25.7 Å². The van der Waals surface area contributed by atoms with Crippen LogP contribution in [0.4, 0.5) is 0 Å². The van der Waals surface area contributed by atoms with E-state index in [1.165, 1.54) is 51.4 Å². The van der Waals surface area contributed by atoms with Gasteiger partial charge in [0.05, 0.1) is 0 Å². The van der Waals surface area contributed by atoms with E-state index < -0.39 is 5.72 Å². The third kappa shape index (κ3) is 2.92. The molecule has 0 aromatic heterocycles. The average Bonchev–Trinajstić information content (AvgIpc) is 2.32. The second kappa shape index (κ2) is 5.28. The molecule has 0 aromatic rings. The highest BCUT2D eigenvalue weighted by Gasteiger charge is 2.35. The van der Waals surface area contributed by atoms with Crippen LogP contribution in [0.1, 0.15) is 64.2 Å². The van der Waals surface area contributed by atoms with Crippen LogP contribution in [0.5, 0.6) is 0 Å². The van der Waals surface area contributed by atoms with Crippen molar-refractivity contribution in [3.8, 4) is 0 Å². The summed E-state index contributed by atoms with van der Waals surface area (Å²) in [7, 11) is 0. The van der Waals surface area contributed by atoms with Gasteiger partial charge in [-0.2, -0.15) is 0 Å². The van der Waals surface area contributed by atoms with E-state index in [4.69, 9.17) is 10.1 Å². The van der Waals surface area contributed by atoms with Crippen LogP contribution >= 0.6 is 0 Å². The number of hydrogen-bond donors (Lipinski definition) is 2. The van der Waals surface area contributed by atoms with Crippen molar-refractivity contribution in [3.05, 3.63) is 0 Å². The minimum atomic E-state index is -0.416. The van der Waals surface area contributed by atoms with Crippen molar-refractivity contribution < 1.29 is 10.1 Å². The van der Waals surface area contributed by atoms with E-state index in [9.17, 15) is 0 Å². The summed E-state index contributed by atoms with van der Waals surface area (Å²) in [5.74, 6) is 0. The fraction of sp³-hybridized carbons (Fsp3) is 1.00. The van der Waals surface area contributed by atoms with Crippen molar-refractivity contribution in [2.75, 3.05) is 0 Å². The van der Waals surface area contributed by atoms with E-state index >= 15 is 0 Å². The van der Waals surface area contributed by atoms with Crippen molar-refractivity contribution in [1.82, 2.24) is 5.32 Å². The molecule has 0 heterocycles. The van der Waals surface area contributed by atoms with Crippen LogP contribution in [0.25, 0.3) is 0 Å². The van der Waals surface area contributed by atoms with Crippen molar-refractivity contribution >= 4 is 0 Å². The Morgan fingerprint density at radius 1 is 0.933 bits per heavy atom. The zero-order valence-electron chi connectivity index (χ0n) is 9.50. The van der Waals surface area contributed by atoms with Crippen molar-refractivity contribution in [3.63, 3.8) is 0 Å². The zero-order chi connectivity index (χ0) is 10.6. The third-order valence-corrected chi connectivity index (χ3v) is 3.91. The molecular weight excluding hydrogens is 190 g/mol. The molecule has 88 valence electrons. The van der Waals surface area contributed by atoms with Gasteiger partial charge in [0.2, 0.25) is 0 Å². The monoisotopic (exact) mass is 213 g/mol. The molecule has 2 rings (SSSR count). The lowest BCUT2D eigenvalue weighted by Crippen LogP contribution is -2.53. The van der Waals surface area contributed by atoms with Gasteiger partial charge in [-0.25, -0.2) is 10.1 Å². The lowest BCUT2D eigenvalue weighted by Gasteiger charge is -2.39. The van der Waals surface area contributed by atoms with Crippen LogP contribution in [0, 0.1) is 0 Å². The van der Waals surface area contributed by atoms with Crippen LogP contribution in [0.2, 0.25) is 0 Å². The maximum Gasteiger partial charge on any atom is 0.154 e. The summed E-state index contributed by atoms with van der Waals surface area (Å²) in [6.45, 7) is 0. The van der Waals surface area contributed by atoms with Gasteiger partial charge in [-0.3, -0.25) is 5.32 Å². The van der Waals surface area contributed by atoms with E-state index in [0.717, 1.165) is 12.8 Å². The van der Waals surface area contributed by atoms with Gasteiger partial charge >= 0.3 is 0 Å². The molecule has 15 heavy (non-hydrogen) atoms. The van der Waals surface area contributed by atoms with E-state index in [1.54, 1.807) is 0 Å². The quantitative estimate of drug-likeness (QED) is 0.430. The first kappa shape index (κ1) is 11.4.